The molecule has 0 unspecified atom stereocenters. The second-order valence-corrected chi connectivity index (χ2v) is 4.90. The lowest BCUT2D eigenvalue weighted by atomic mass is 9.96. The van der Waals surface area contributed by atoms with Crippen molar-refractivity contribution in [1.29, 1.82) is 0 Å². The van der Waals surface area contributed by atoms with Crippen molar-refractivity contribution in [3.63, 3.8) is 0 Å². The summed E-state index contributed by atoms with van der Waals surface area (Å²) in [6.07, 6.45) is 2.81. The molecule has 2 aromatic heterocycles. The molecule has 94 valence electrons. The van der Waals surface area contributed by atoms with Gasteiger partial charge in [0.2, 0.25) is 0 Å². The Kier molecular flexibility index (Phi) is 2.82. The number of tetrazole rings is 1. The van der Waals surface area contributed by atoms with Crippen LogP contribution in [0, 0.1) is 0 Å². The summed E-state index contributed by atoms with van der Waals surface area (Å²) in [4.78, 5) is 14.8. The Morgan fingerprint density at radius 3 is 2.67 bits per heavy atom. The Morgan fingerprint density at radius 2 is 2.06 bits per heavy atom. The van der Waals surface area contributed by atoms with Crippen LogP contribution < -0.4 is 0 Å². The Balaban J connectivity index is 2.53. The minimum atomic E-state index is -1.03. The van der Waals surface area contributed by atoms with E-state index in [-0.39, 0.29) is 11.0 Å². The smallest absolute Gasteiger partial charge is 0.337 e. The van der Waals surface area contributed by atoms with Gasteiger partial charge in [0, 0.05) is 11.6 Å². The molecule has 7 nitrogen and oxygen atoms in total. The highest BCUT2D eigenvalue weighted by Gasteiger charge is 2.23. The number of pyridine rings is 1. The highest BCUT2D eigenvalue weighted by molar-refractivity contribution is 5.87. The van der Waals surface area contributed by atoms with Crippen LogP contribution in [0.25, 0.3) is 5.69 Å². The summed E-state index contributed by atoms with van der Waals surface area (Å²) in [6, 6.07) is 1.49. The predicted molar refractivity (Wildman–Crippen MR) is 62.6 cm³/mol. The maximum absolute atomic E-state index is 10.9. The van der Waals surface area contributed by atoms with E-state index in [1.165, 1.54) is 23.1 Å². The van der Waals surface area contributed by atoms with Gasteiger partial charge in [0.05, 0.1) is 17.4 Å². The number of aromatic carboxylic acids is 1. The zero-order valence-corrected chi connectivity index (χ0v) is 10.3. The molecular formula is C11H13N5O2. The van der Waals surface area contributed by atoms with Crippen molar-refractivity contribution in [2.24, 2.45) is 0 Å². The molecule has 0 aromatic carbocycles. The van der Waals surface area contributed by atoms with Crippen molar-refractivity contribution in [3.8, 4) is 5.69 Å². The van der Waals surface area contributed by atoms with Crippen LogP contribution in [0.4, 0.5) is 0 Å². The monoisotopic (exact) mass is 247 g/mol. The molecule has 0 spiro atoms. The third-order valence-electron chi connectivity index (χ3n) is 2.36. The first-order valence-electron chi connectivity index (χ1n) is 5.37. The van der Waals surface area contributed by atoms with Gasteiger partial charge in [-0.05, 0) is 16.5 Å². The second-order valence-electron chi connectivity index (χ2n) is 4.90. The first-order chi connectivity index (χ1) is 8.39. The summed E-state index contributed by atoms with van der Waals surface area (Å²) < 4.78 is 1.50. The molecule has 7 heteroatoms. The number of aromatic nitrogens is 5. The molecule has 2 heterocycles. The summed E-state index contributed by atoms with van der Waals surface area (Å²) >= 11 is 0. The van der Waals surface area contributed by atoms with E-state index in [4.69, 9.17) is 5.11 Å². The van der Waals surface area contributed by atoms with Gasteiger partial charge in [0.25, 0.3) is 0 Å². The van der Waals surface area contributed by atoms with Crippen LogP contribution in [-0.4, -0.2) is 36.3 Å². The van der Waals surface area contributed by atoms with Gasteiger partial charge in [-0.25, -0.2) is 4.79 Å². The fourth-order valence-electron chi connectivity index (χ4n) is 1.49. The molecular weight excluding hydrogens is 234 g/mol. The number of carboxylic acid groups (broad SMARTS) is 1. The van der Waals surface area contributed by atoms with E-state index < -0.39 is 5.97 Å². The van der Waals surface area contributed by atoms with Crippen molar-refractivity contribution in [2.45, 2.75) is 26.2 Å². The Morgan fingerprint density at radius 1 is 1.33 bits per heavy atom. The minimum absolute atomic E-state index is 0.0999. The maximum Gasteiger partial charge on any atom is 0.337 e. The van der Waals surface area contributed by atoms with E-state index in [2.05, 4.69) is 20.5 Å². The average molecular weight is 247 g/mol. The largest absolute Gasteiger partial charge is 0.478 e. The summed E-state index contributed by atoms with van der Waals surface area (Å²) in [5, 5.41) is 20.4. The first-order valence-corrected chi connectivity index (χ1v) is 5.37. The van der Waals surface area contributed by atoms with Gasteiger partial charge in [-0.1, -0.05) is 20.8 Å². The molecule has 0 aliphatic carbocycles. The van der Waals surface area contributed by atoms with E-state index in [0.29, 0.717) is 11.5 Å². The molecule has 0 amide bonds. The number of carboxylic acids is 1. The maximum atomic E-state index is 10.9. The molecule has 0 atom stereocenters. The van der Waals surface area contributed by atoms with Crippen molar-refractivity contribution >= 4 is 5.97 Å². The summed E-state index contributed by atoms with van der Waals surface area (Å²) in [6.45, 7) is 5.93. The highest BCUT2D eigenvalue weighted by atomic mass is 16.4. The Hall–Kier alpha value is -2.31. The van der Waals surface area contributed by atoms with E-state index >= 15 is 0 Å². The first kappa shape index (κ1) is 12.2. The zero-order valence-electron chi connectivity index (χ0n) is 10.3. The zero-order chi connectivity index (χ0) is 13.3. The Labute approximate surface area is 103 Å². The summed E-state index contributed by atoms with van der Waals surface area (Å²) in [5.74, 6) is -0.387. The van der Waals surface area contributed by atoms with Gasteiger partial charge < -0.3 is 5.11 Å². The third-order valence-corrected chi connectivity index (χ3v) is 2.36. The van der Waals surface area contributed by atoms with E-state index in [1.807, 2.05) is 20.8 Å². The normalized spacial score (nSPS) is 11.5. The van der Waals surface area contributed by atoms with Gasteiger partial charge in [0.15, 0.2) is 5.82 Å². The van der Waals surface area contributed by atoms with Crippen LogP contribution in [0.3, 0.4) is 0 Å². The van der Waals surface area contributed by atoms with E-state index in [0.717, 1.165) is 0 Å². The average Bonchev–Trinajstić information content (AvgIpc) is 2.77. The van der Waals surface area contributed by atoms with Crippen LogP contribution in [0.2, 0.25) is 0 Å². The van der Waals surface area contributed by atoms with E-state index in [1.54, 1.807) is 0 Å². The van der Waals surface area contributed by atoms with Gasteiger partial charge >= 0.3 is 5.97 Å². The SMILES string of the molecule is CC(C)(C)c1nnnn1-c1cncc(C(=O)O)c1. The third kappa shape index (κ3) is 2.20. The van der Waals surface area contributed by atoms with Gasteiger partial charge in [0.1, 0.15) is 0 Å². The molecule has 2 rings (SSSR count). The summed E-state index contributed by atoms with van der Waals surface area (Å²) in [5.41, 5.74) is 0.385. The molecule has 0 radical (unpaired) electrons. The summed E-state index contributed by atoms with van der Waals surface area (Å²) in [7, 11) is 0. The van der Waals surface area contributed by atoms with Crippen LogP contribution in [0.1, 0.15) is 37.0 Å². The Bertz CT molecular complexity index is 585. The van der Waals surface area contributed by atoms with Crippen LogP contribution in [0.15, 0.2) is 18.5 Å². The lowest BCUT2D eigenvalue weighted by Gasteiger charge is -2.16. The molecule has 0 saturated heterocycles. The van der Waals surface area contributed by atoms with Crippen molar-refractivity contribution in [3.05, 3.63) is 29.8 Å². The quantitative estimate of drug-likeness (QED) is 0.852. The molecule has 0 bridgehead atoms. The fourth-order valence-corrected chi connectivity index (χ4v) is 1.49. The van der Waals surface area contributed by atoms with Gasteiger partial charge in [-0.2, -0.15) is 4.68 Å². The van der Waals surface area contributed by atoms with Gasteiger partial charge in [-0.3, -0.25) is 4.98 Å². The molecule has 0 aliphatic heterocycles. The highest BCUT2D eigenvalue weighted by Crippen LogP contribution is 2.21. The number of rotatable bonds is 2. The van der Waals surface area contributed by atoms with Crippen LogP contribution in [0.5, 0.6) is 0 Å². The minimum Gasteiger partial charge on any atom is -0.478 e. The number of nitrogens with zero attached hydrogens (tertiary/aromatic N) is 5. The fraction of sp³-hybridized carbons (Fsp3) is 0.364. The standard InChI is InChI=1S/C11H13N5O2/c1-11(2,3)10-13-14-15-16(10)8-4-7(9(17)18)5-12-6-8/h4-6H,1-3H3,(H,17,18). The molecule has 0 fully saturated rings. The topological polar surface area (TPSA) is 93.8 Å². The predicted octanol–water partition coefficient (Wildman–Crippen LogP) is 1.05. The lowest BCUT2D eigenvalue weighted by molar-refractivity contribution is 0.0696. The molecule has 0 saturated carbocycles. The van der Waals surface area contributed by atoms with Gasteiger partial charge in [-0.15, -0.1) is 5.10 Å². The van der Waals surface area contributed by atoms with E-state index in [9.17, 15) is 4.79 Å². The van der Waals surface area contributed by atoms with Crippen molar-refractivity contribution < 1.29 is 9.90 Å². The molecule has 18 heavy (non-hydrogen) atoms. The number of hydrogen-bond acceptors (Lipinski definition) is 5. The molecule has 1 N–H and O–H groups in total. The lowest BCUT2D eigenvalue weighted by Crippen LogP contribution is -2.19. The molecule has 2 aromatic rings. The number of hydrogen-bond donors (Lipinski definition) is 1. The van der Waals surface area contributed by atoms with Crippen molar-refractivity contribution in [2.75, 3.05) is 0 Å². The van der Waals surface area contributed by atoms with Crippen molar-refractivity contribution in [1.82, 2.24) is 25.2 Å². The second kappa shape index (κ2) is 4.17. The van der Waals surface area contributed by atoms with Crippen LogP contribution >= 0.6 is 0 Å². The molecule has 0 aliphatic rings. The number of carbonyl (C=O) groups is 1. The van der Waals surface area contributed by atoms with Crippen LogP contribution in [-0.2, 0) is 5.41 Å².